The molecule has 0 bridgehead atoms. The fraction of sp³-hybridized carbons (Fsp3) is 0.222. The maximum absolute atomic E-state index is 11.7. The second kappa shape index (κ2) is 9.08. The number of nitrogens with one attached hydrogen (secondary N) is 1. The van der Waals surface area contributed by atoms with Crippen molar-refractivity contribution in [2.45, 2.75) is 13.5 Å². The molecule has 1 amide bonds. The summed E-state index contributed by atoms with van der Waals surface area (Å²) < 4.78 is 11.5. The van der Waals surface area contributed by atoms with Gasteiger partial charge in [0.15, 0.2) is 6.61 Å². The van der Waals surface area contributed by atoms with Crippen LogP contribution in [0.5, 0.6) is 5.75 Å². The van der Waals surface area contributed by atoms with Gasteiger partial charge in [-0.2, -0.15) is 0 Å². The van der Waals surface area contributed by atoms with Crippen LogP contribution in [0.25, 0.3) is 0 Å². The normalized spacial score (nSPS) is 10.1. The van der Waals surface area contributed by atoms with Crippen molar-refractivity contribution in [2.75, 3.05) is 13.2 Å². The van der Waals surface area contributed by atoms with Gasteiger partial charge < -0.3 is 14.8 Å². The number of rotatable bonds is 7. The van der Waals surface area contributed by atoms with Gasteiger partial charge >= 0.3 is 5.97 Å². The Morgan fingerprint density at radius 3 is 2.50 bits per heavy atom. The molecule has 0 spiro atoms. The number of aryl methyl sites for hydroxylation is 1. The van der Waals surface area contributed by atoms with Gasteiger partial charge in [0, 0.05) is 4.47 Å². The first kappa shape index (κ1) is 18.0. The Morgan fingerprint density at radius 2 is 1.79 bits per heavy atom. The van der Waals surface area contributed by atoms with Crippen LogP contribution in [0.2, 0.25) is 0 Å². The molecule has 0 unspecified atom stereocenters. The van der Waals surface area contributed by atoms with Gasteiger partial charge in [0.2, 0.25) is 0 Å². The van der Waals surface area contributed by atoms with Crippen LogP contribution in [-0.4, -0.2) is 25.0 Å². The van der Waals surface area contributed by atoms with E-state index in [0.29, 0.717) is 5.75 Å². The lowest BCUT2D eigenvalue weighted by atomic mass is 10.2. The third-order valence-corrected chi connectivity index (χ3v) is 3.72. The number of para-hydroxylation sites is 1. The Morgan fingerprint density at radius 1 is 1.08 bits per heavy atom. The molecule has 126 valence electrons. The van der Waals surface area contributed by atoms with Gasteiger partial charge in [-0.05, 0) is 36.2 Å². The number of carbonyl (C=O) groups is 2. The predicted octanol–water partition coefficient (Wildman–Crippen LogP) is 3.00. The van der Waals surface area contributed by atoms with Crippen molar-refractivity contribution in [3.05, 3.63) is 64.1 Å². The SMILES string of the molecule is Cc1ccccc1OCC(=O)NCC(=O)OCc1ccc(Br)cc1. The Hall–Kier alpha value is -2.34. The molecule has 0 fully saturated rings. The number of ether oxygens (including phenoxy) is 2. The molecule has 0 aliphatic carbocycles. The molecule has 0 atom stereocenters. The van der Waals surface area contributed by atoms with Crippen LogP contribution in [0.1, 0.15) is 11.1 Å². The molecule has 0 saturated heterocycles. The highest BCUT2D eigenvalue weighted by Crippen LogP contribution is 2.15. The number of hydrogen-bond donors (Lipinski definition) is 1. The second-order valence-electron chi connectivity index (χ2n) is 5.12. The summed E-state index contributed by atoms with van der Waals surface area (Å²) in [6.45, 7) is 1.73. The van der Waals surface area contributed by atoms with Crippen LogP contribution in [0.3, 0.4) is 0 Å². The lowest BCUT2D eigenvalue weighted by Crippen LogP contribution is -2.34. The molecule has 1 N–H and O–H groups in total. The van der Waals surface area contributed by atoms with Crippen LogP contribution < -0.4 is 10.1 Å². The number of hydrogen-bond acceptors (Lipinski definition) is 4. The molecule has 5 nitrogen and oxygen atoms in total. The van der Waals surface area contributed by atoms with E-state index in [-0.39, 0.29) is 25.7 Å². The average Bonchev–Trinajstić information content (AvgIpc) is 2.58. The molecular formula is C18H18BrNO4. The minimum atomic E-state index is -0.498. The number of halogens is 1. The van der Waals surface area contributed by atoms with Crippen molar-refractivity contribution in [1.29, 1.82) is 0 Å². The largest absolute Gasteiger partial charge is 0.484 e. The van der Waals surface area contributed by atoms with E-state index in [2.05, 4.69) is 21.2 Å². The molecule has 0 saturated carbocycles. The van der Waals surface area contributed by atoms with Crippen molar-refractivity contribution < 1.29 is 19.1 Å². The van der Waals surface area contributed by atoms with Gasteiger partial charge in [-0.25, -0.2) is 0 Å². The zero-order chi connectivity index (χ0) is 17.4. The zero-order valence-electron chi connectivity index (χ0n) is 13.3. The first-order valence-corrected chi connectivity index (χ1v) is 8.19. The fourth-order valence-corrected chi connectivity index (χ4v) is 2.14. The van der Waals surface area contributed by atoms with E-state index < -0.39 is 5.97 Å². The van der Waals surface area contributed by atoms with E-state index in [1.807, 2.05) is 49.4 Å². The molecule has 0 aromatic heterocycles. The molecule has 2 rings (SSSR count). The van der Waals surface area contributed by atoms with Crippen molar-refractivity contribution in [3.8, 4) is 5.75 Å². The Bertz CT molecular complexity index is 700. The van der Waals surface area contributed by atoms with Crippen molar-refractivity contribution in [2.24, 2.45) is 0 Å². The Labute approximate surface area is 149 Å². The van der Waals surface area contributed by atoms with Gasteiger partial charge in [0.25, 0.3) is 5.91 Å². The van der Waals surface area contributed by atoms with E-state index in [9.17, 15) is 9.59 Å². The first-order valence-electron chi connectivity index (χ1n) is 7.40. The molecule has 2 aromatic carbocycles. The fourth-order valence-electron chi connectivity index (χ4n) is 1.88. The van der Waals surface area contributed by atoms with Gasteiger partial charge in [-0.3, -0.25) is 9.59 Å². The predicted molar refractivity (Wildman–Crippen MR) is 93.6 cm³/mol. The number of carbonyl (C=O) groups excluding carboxylic acids is 2. The molecule has 0 radical (unpaired) electrons. The smallest absolute Gasteiger partial charge is 0.325 e. The molecule has 24 heavy (non-hydrogen) atoms. The van der Waals surface area contributed by atoms with Crippen molar-refractivity contribution >= 4 is 27.8 Å². The van der Waals surface area contributed by atoms with E-state index in [0.717, 1.165) is 15.6 Å². The lowest BCUT2D eigenvalue weighted by molar-refractivity contribution is -0.145. The van der Waals surface area contributed by atoms with Gasteiger partial charge in [-0.15, -0.1) is 0 Å². The third kappa shape index (κ3) is 6.04. The van der Waals surface area contributed by atoms with Crippen LogP contribution in [0.15, 0.2) is 53.0 Å². The molecule has 0 aliphatic rings. The maximum atomic E-state index is 11.7. The van der Waals surface area contributed by atoms with Gasteiger partial charge in [-0.1, -0.05) is 46.3 Å². The standard InChI is InChI=1S/C18H18BrNO4/c1-13-4-2-3-5-16(13)23-12-17(21)20-10-18(22)24-11-14-6-8-15(19)9-7-14/h2-9H,10-12H2,1H3,(H,20,21). The molecule has 0 aliphatic heterocycles. The van der Waals surface area contributed by atoms with Crippen molar-refractivity contribution in [3.63, 3.8) is 0 Å². The van der Waals surface area contributed by atoms with E-state index >= 15 is 0 Å². The summed E-state index contributed by atoms with van der Waals surface area (Å²) in [6, 6.07) is 14.9. The third-order valence-electron chi connectivity index (χ3n) is 3.20. The first-order chi connectivity index (χ1) is 11.5. The van der Waals surface area contributed by atoms with Gasteiger partial charge in [0.1, 0.15) is 18.9 Å². The summed E-state index contributed by atoms with van der Waals surface area (Å²) in [6.07, 6.45) is 0. The zero-order valence-corrected chi connectivity index (χ0v) is 14.8. The molecule has 0 heterocycles. The number of amides is 1. The van der Waals surface area contributed by atoms with E-state index in [1.165, 1.54) is 0 Å². The van der Waals surface area contributed by atoms with Crippen molar-refractivity contribution in [1.82, 2.24) is 5.32 Å². The van der Waals surface area contributed by atoms with Crippen LogP contribution in [0, 0.1) is 6.92 Å². The maximum Gasteiger partial charge on any atom is 0.325 e. The molecular weight excluding hydrogens is 374 g/mol. The minimum Gasteiger partial charge on any atom is -0.484 e. The second-order valence-corrected chi connectivity index (χ2v) is 6.03. The lowest BCUT2D eigenvalue weighted by Gasteiger charge is -2.09. The molecule has 2 aromatic rings. The van der Waals surface area contributed by atoms with Crippen LogP contribution in [0.4, 0.5) is 0 Å². The Balaban J connectivity index is 1.66. The minimum absolute atomic E-state index is 0.148. The van der Waals surface area contributed by atoms with E-state index in [4.69, 9.17) is 9.47 Å². The van der Waals surface area contributed by atoms with Crippen LogP contribution >= 0.6 is 15.9 Å². The van der Waals surface area contributed by atoms with Crippen LogP contribution in [-0.2, 0) is 20.9 Å². The summed E-state index contributed by atoms with van der Waals surface area (Å²) in [5.41, 5.74) is 1.82. The Kier molecular flexibility index (Phi) is 6.81. The average molecular weight is 392 g/mol. The summed E-state index contributed by atoms with van der Waals surface area (Å²) in [7, 11) is 0. The number of esters is 1. The monoisotopic (exact) mass is 391 g/mol. The van der Waals surface area contributed by atoms with Gasteiger partial charge in [0.05, 0.1) is 0 Å². The summed E-state index contributed by atoms with van der Waals surface area (Å²) in [4.78, 5) is 23.3. The topological polar surface area (TPSA) is 64.6 Å². The summed E-state index contributed by atoms with van der Waals surface area (Å²) in [5.74, 6) is -0.230. The summed E-state index contributed by atoms with van der Waals surface area (Å²) in [5, 5.41) is 2.47. The van der Waals surface area contributed by atoms with E-state index in [1.54, 1.807) is 6.07 Å². The highest BCUT2D eigenvalue weighted by atomic mass is 79.9. The number of benzene rings is 2. The molecule has 6 heteroatoms. The highest BCUT2D eigenvalue weighted by Gasteiger charge is 2.08. The summed E-state index contributed by atoms with van der Waals surface area (Å²) >= 11 is 3.34. The quantitative estimate of drug-likeness (QED) is 0.736. The highest BCUT2D eigenvalue weighted by molar-refractivity contribution is 9.10.